The van der Waals surface area contributed by atoms with E-state index >= 15 is 0 Å². The van der Waals surface area contributed by atoms with Gasteiger partial charge in [-0.05, 0) is 38.8 Å². The van der Waals surface area contributed by atoms with Gasteiger partial charge in [0.2, 0.25) is 11.7 Å². The van der Waals surface area contributed by atoms with E-state index in [9.17, 15) is 35.9 Å². The molecule has 3 rings (SSSR count). The van der Waals surface area contributed by atoms with Gasteiger partial charge in [-0.1, -0.05) is 0 Å². The number of benzene rings is 1. The van der Waals surface area contributed by atoms with E-state index in [1.807, 2.05) is 0 Å². The maximum atomic E-state index is 14.2. The Morgan fingerprint density at radius 1 is 1.06 bits per heavy atom. The van der Waals surface area contributed by atoms with Gasteiger partial charge in [-0.2, -0.15) is 13.2 Å². The number of rotatable bonds is 5. The summed E-state index contributed by atoms with van der Waals surface area (Å²) in [6.07, 6.45) is -6.42. The van der Waals surface area contributed by atoms with Crippen LogP contribution in [-0.4, -0.2) is 49.9 Å². The SMILES string of the molecule is CC(C)(C)OC(=O)NC(CC(=O)N1CCn2c(nnc2C(F)(F)F)C1)Cc1cc(F)c(F)cc1F. The van der Waals surface area contributed by atoms with Crippen LogP contribution in [0.4, 0.5) is 31.1 Å². The van der Waals surface area contributed by atoms with Crippen molar-refractivity contribution in [2.45, 2.75) is 64.5 Å². The van der Waals surface area contributed by atoms with Crippen LogP contribution in [0.5, 0.6) is 0 Å². The maximum Gasteiger partial charge on any atom is 0.451 e. The molecule has 1 aliphatic heterocycles. The first kappa shape index (κ1) is 26.3. The zero-order valence-electron chi connectivity index (χ0n) is 19.0. The third kappa shape index (κ3) is 6.63. The van der Waals surface area contributed by atoms with Gasteiger partial charge in [0, 0.05) is 31.6 Å². The van der Waals surface area contributed by atoms with Gasteiger partial charge < -0.3 is 19.5 Å². The van der Waals surface area contributed by atoms with Crippen molar-refractivity contribution in [3.8, 4) is 0 Å². The fraction of sp³-hybridized carbons (Fsp3) is 0.524. The Morgan fingerprint density at radius 2 is 1.71 bits per heavy atom. The molecule has 0 saturated heterocycles. The van der Waals surface area contributed by atoms with E-state index < -0.39 is 59.5 Å². The Bertz CT molecular complexity index is 1110. The number of alkyl halides is 3. The first-order chi connectivity index (χ1) is 16.1. The molecule has 1 aromatic carbocycles. The van der Waals surface area contributed by atoms with Crippen molar-refractivity contribution in [2.24, 2.45) is 0 Å². The summed E-state index contributed by atoms with van der Waals surface area (Å²) >= 11 is 0. The molecule has 14 heteroatoms. The number of carbonyl (C=O) groups excluding carboxylic acids is 2. The number of nitrogens with one attached hydrogen (secondary N) is 1. The van der Waals surface area contributed by atoms with E-state index in [2.05, 4.69) is 15.5 Å². The van der Waals surface area contributed by atoms with Gasteiger partial charge in [0.05, 0.1) is 6.54 Å². The van der Waals surface area contributed by atoms with Gasteiger partial charge in [-0.3, -0.25) is 4.79 Å². The molecule has 0 bridgehead atoms. The zero-order valence-corrected chi connectivity index (χ0v) is 19.0. The summed E-state index contributed by atoms with van der Waals surface area (Å²) in [5, 5.41) is 9.07. The fourth-order valence-corrected chi connectivity index (χ4v) is 3.55. The van der Waals surface area contributed by atoms with Gasteiger partial charge >= 0.3 is 12.3 Å². The van der Waals surface area contributed by atoms with Gasteiger partial charge in [0.1, 0.15) is 11.4 Å². The maximum absolute atomic E-state index is 14.2. The quantitative estimate of drug-likeness (QED) is 0.494. The molecule has 1 aliphatic rings. The standard InChI is InChI=1S/C21H23F6N5O3/c1-20(2,3)35-19(34)28-12(6-11-7-14(23)15(24)9-13(11)22)8-17(33)31-4-5-32-16(10-31)29-30-18(32)21(25,26)27/h7,9,12H,4-6,8,10H2,1-3H3,(H,28,34). The van der Waals surface area contributed by atoms with Gasteiger partial charge in [0.25, 0.3) is 0 Å². The largest absolute Gasteiger partial charge is 0.451 e. The second-order valence-electron chi connectivity index (χ2n) is 9.01. The lowest BCUT2D eigenvalue weighted by Gasteiger charge is -2.30. The van der Waals surface area contributed by atoms with Crippen molar-refractivity contribution < 1.29 is 40.7 Å². The molecule has 192 valence electrons. The molecule has 0 aliphatic carbocycles. The molecule has 1 atom stereocenters. The molecule has 8 nitrogen and oxygen atoms in total. The molecule has 1 aromatic heterocycles. The first-order valence-electron chi connectivity index (χ1n) is 10.5. The number of aromatic nitrogens is 3. The van der Waals surface area contributed by atoms with Crippen LogP contribution in [0.15, 0.2) is 12.1 Å². The number of halogens is 6. The van der Waals surface area contributed by atoms with Crippen LogP contribution in [-0.2, 0) is 35.2 Å². The number of amides is 2. The van der Waals surface area contributed by atoms with Crippen LogP contribution in [0, 0.1) is 17.5 Å². The molecule has 2 amide bonds. The van der Waals surface area contributed by atoms with E-state index in [1.54, 1.807) is 20.8 Å². The monoisotopic (exact) mass is 507 g/mol. The summed E-state index contributed by atoms with van der Waals surface area (Å²) in [6.45, 7) is 4.24. The van der Waals surface area contributed by atoms with E-state index in [-0.39, 0.29) is 37.4 Å². The molecular formula is C21H23F6N5O3. The normalized spacial score (nSPS) is 14.9. The fourth-order valence-electron chi connectivity index (χ4n) is 3.55. The van der Waals surface area contributed by atoms with Crippen molar-refractivity contribution in [3.63, 3.8) is 0 Å². The predicted octanol–water partition coefficient (Wildman–Crippen LogP) is 3.58. The predicted molar refractivity (Wildman–Crippen MR) is 108 cm³/mol. The van der Waals surface area contributed by atoms with Crippen molar-refractivity contribution in [1.82, 2.24) is 25.0 Å². The van der Waals surface area contributed by atoms with Crippen molar-refractivity contribution >= 4 is 12.0 Å². The van der Waals surface area contributed by atoms with Gasteiger partial charge in [-0.15, -0.1) is 10.2 Å². The molecule has 0 saturated carbocycles. The van der Waals surface area contributed by atoms with Gasteiger partial charge in [-0.25, -0.2) is 18.0 Å². The summed E-state index contributed by atoms with van der Waals surface area (Å²) in [7, 11) is 0. The van der Waals surface area contributed by atoms with Crippen LogP contribution < -0.4 is 5.32 Å². The van der Waals surface area contributed by atoms with Crippen LogP contribution in [0.25, 0.3) is 0 Å². The van der Waals surface area contributed by atoms with Crippen molar-refractivity contribution in [1.29, 1.82) is 0 Å². The number of fused-ring (bicyclic) bond motifs is 1. The third-order valence-electron chi connectivity index (χ3n) is 5.06. The third-order valence-corrected chi connectivity index (χ3v) is 5.06. The number of ether oxygens (including phenoxy) is 1. The van der Waals surface area contributed by atoms with E-state index in [0.29, 0.717) is 12.1 Å². The first-order valence-corrected chi connectivity index (χ1v) is 10.5. The summed E-state index contributed by atoms with van der Waals surface area (Å²) < 4.78 is 86.3. The topological polar surface area (TPSA) is 89.4 Å². The number of nitrogens with zero attached hydrogens (tertiary/aromatic N) is 4. The Hall–Kier alpha value is -3.32. The molecule has 0 spiro atoms. The van der Waals surface area contributed by atoms with Crippen LogP contribution >= 0.6 is 0 Å². The smallest absolute Gasteiger partial charge is 0.444 e. The number of alkyl carbamates (subject to hydrolysis) is 1. The lowest BCUT2D eigenvalue weighted by atomic mass is 10.0. The molecule has 35 heavy (non-hydrogen) atoms. The van der Waals surface area contributed by atoms with Crippen LogP contribution in [0.3, 0.4) is 0 Å². The number of hydrogen-bond donors (Lipinski definition) is 1. The molecular weight excluding hydrogens is 484 g/mol. The number of hydrogen-bond acceptors (Lipinski definition) is 5. The Labute approximate surface area is 196 Å². The second-order valence-corrected chi connectivity index (χ2v) is 9.01. The van der Waals surface area contributed by atoms with Crippen LogP contribution in [0.1, 0.15) is 44.4 Å². The Balaban J connectivity index is 1.76. The highest BCUT2D eigenvalue weighted by Gasteiger charge is 2.40. The molecule has 2 heterocycles. The molecule has 1 N–H and O–H groups in total. The lowest BCUT2D eigenvalue weighted by molar-refractivity contribution is -0.148. The van der Waals surface area contributed by atoms with Gasteiger partial charge in [0.15, 0.2) is 17.5 Å². The van der Waals surface area contributed by atoms with Crippen LogP contribution in [0.2, 0.25) is 0 Å². The number of carbonyl (C=O) groups is 2. The molecule has 0 radical (unpaired) electrons. The lowest BCUT2D eigenvalue weighted by Crippen LogP contribution is -2.45. The minimum atomic E-state index is -4.70. The minimum absolute atomic E-state index is 0.0692. The summed E-state index contributed by atoms with van der Waals surface area (Å²) in [4.78, 5) is 26.4. The second kappa shape index (κ2) is 9.74. The summed E-state index contributed by atoms with van der Waals surface area (Å²) in [5.74, 6) is -5.60. The average molecular weight is 507 g/mol. The van der Waals surface area contributed by atoms with Crippen molar-refractivity contribution in [2.75, 3.05) is 6.54 Å². The minimum Gasteiger partial charge on any atom is -0.444 e. The highest BCUT2D eigenvalue weighted by molar-refractivity contribution is 5.78. The molecule has 1 unspecified atom stereocenters. The molecule has 2 aromatic rings. The Kier molecular flexibility index (Phi) is 7.31. The summed E-state index contributed by atoms with van der Waals surface area (Å²) in [6, 6.07) is -0.115. The van der Waals surface area contributed by atoms with Crippen molar-refractivity contribution in [3.05, 3.63) is 46.8 Å². The Morgan fingerprint density at radius 3 is 2.34 bits per heavy atom. The average Bonchev–Trinajstić information content (AvgIpc) is 3.14. The van der Waals surface area contributed by atoms with E-state index in [4.69, 9.17) is 4.74 Å². The zero-order chi connectivity index (χ0) is 26.1. The molecule has 0 fully saturated rings. The van der Waals surface area contributed by atoms with E-state index in [0.717, 1.165) is 4.57 Å². The highest BCUT2D eigenvalue weighted by atomic mass is 19.4. The van der Waals surface area contributed by atoms with E-state index in [1.165, 1.54) is 4.90 Å². The highest BCUT2D eigenvalue weighted by Crippen LogP contribution is 2.29. The summed E-state index contributed by atoms with van der Waals surface area (Å²) in [5.41, 5.74) is -1.18.